The van der Waals surface area contributed by atoms with Crippen molar-refractivity contribution in [3.05, 3.63) is 125 Å². The van der Waals surface area contributed by atoms with Crippen molar-refractivity contribution in [2.75, 3.05) is 0 Å². The highest BCUT2D eigenvalue weighted by atomic mass is 35.5. The lowest BCUT2D eigenvalue weighted by molar-refractivity contribution is 0.0400. The number of aromatic nitrogens is 3. The summed E-state index contributed by atoms with van der Waals surface area (Å²) >= 11 is 12.5. The molecule has 3 aromatic carbocycles. The van der Waals surface area contributed by atoms with Gasteiger partial charge in [0, 0.05) is 32.1 Å². The molecule has 8 heteroatoms. The van der Waals surface area contributed by atoms with Crippen molar-refractivity contribution in [1.82, 2.24) is 19.7 Å². The summed E-state index contributed by atoms with van der Waals surface area (Å²) in [6.07, 6.45) is 5.65. The predicted molar refractivity (Wildman–Crippen MR) is 172 cm³/mol. The summed E-state index contributed by atoms with van der Waals surface area (Å²) in [6.45, 7) is 11.7. The average molecular weight is 604 g/mol. The van der Waals surface area contributed by atoms with Crippen LogP contribution in [-0.2, 0) is 0 Å². The Hall–Kier alpha value is -4.13. The molecule has 0 fully saturated rings. The van der Waals surface area contributed by atoms with Crippen LogP contribution in [0, 0.1) is 0 Å². The molecule has 0 aliphatic carbocycles. The van der Waals surface area contributed by atoms with Gasteiger partial charge in [0.2, 0.25) is 0 Å². The van der Waals surface area contributed by atoms with Crippen LogP contribution in [0.5, 0.6) is 0 Å². The van der Waals surface area contributed by atoms with Crippen molar-refractivity contribution in [2.45, 2.75) is 40.2 Å². The van der Waals surface area contributed by atoms with E-state index in [1.165, 1.54) is 6.08 Å². The van der Waals surface area contributed by atoms with Crippen LogP contribution in [0.25, 0.3) is 33.4 Å². The fourth-order valence-electron chi connectivity index (χ4n) is 4.74. The Morgan fingerprint density at radius 1 is 1.07 bits per heavy atom. The highest BCUT2D eigenvalue weighted by molar-refractivity contribution is 6.31. The van der Waals surface area contributed by atoms with E-state index in [4.69, 9.17) is 28.2 Å². The molecule has 5 rings (SSSR count). The molecule has 0 saturated carbocycles. The average Bonchev–Trinajstić information content (AvgIpc) is 3.61. The Balaban J connectivity index is 0.00000198. The van der Waals surface area contributed by atoms with Crippen LogP contribution in [0.2, 0.25) is 10.0 Å². The largest absolute Gasteiger partial charge is 0.350 e. The minimum Gasteiger partial charge on any atom is -0.350 e. The van der Waals surface area contributed by atoms with Gasteiger partial charge in [-0.2, -0.15) is 0 Å². The molecule has 0 bridgehead atoms. The molecular formula is C34H33Cl2FN4O. The van der Waals surface area contributed by atoms with Crippen LogP contribution < -0.4 is 0 Å². The Labute approximate surface area is 255 Å². The van der Waals surface area contributed by atoms with Gasteiger partial charge in [-0.1, -0.05) is 110 Å². The molecule has 1 unspecified atom stereocenters. The van der Waals surface area contributed by atoms with E-state index in [2.05, 4.69) is 11.6 Å². The first-order valence-corrected chi connectivity index (χ1v) is 14.6. The Morgan fingerprint density at radius 3 is 2.40 bits per heavy atom. The lowest BCUT2D eigenvalue weighted by Gasteiger charge is -2.19. The molecule has 0 saturated heterocycles. The third-order valence-corrected chi connectivity index (χ3v) is 7.29. The fourth-order valence-corrected chi connectivity index (χ4v) is 5.03. The van der Waals surface area contributed by atoms with E-state index in [-0.39, 0.29) is 22.6 Å². The van der Waals surface area contributed by atoms with E-state index in [0.29, 0.717) is 44.3 Å². The van der Waals surface area contributed by atoms with Gasteiger partial charge in [0.25, 0.3) is 0 Å². The molecule has 1 N–H and O–H groups in total. The number of hydrogen-bond donors (Lipinski definition) is 1. The summed E-state index contributed by atoms with van der Waals surface area (Å²) in [5, 5.41) is 1.89. The van der Waals surface area contributed by atoms with Gasteiger partial charge in [0.05, 0.1) is 29.5 Å². The number of halogens is 3. The Morgan fingerprint density at radius 2 is 1.74 bits per heavy atom. The zero-order valence-electron chi connectivity index (χ0n) is 24.0. The quantitative estimate of drug-likeness (QED) is 0.142. The number of allylic oxidation sites excluding steroid dienone is 2. The number of nitrogens with one attached hydrogen (secondary N) is 1. The van der Waals surface area contributed by atoms with Gasteiger partial charge in [0.1, 0.15) is 5.69 Å². The molecule has 1 amide bonds. The van der Waals surface area contributed by atoms with E-state index in [1.807, 2.05) is 92.9 Å². The van der Waals surface area contributed by atoms with E-state index in [0.717, 1.165) is 11.1 Å². The zero-order chi connectivity index (χ0) is 30.4. The van der Waals surface area contributed by atoms with Gasteiger partial charge in [-0.05, 0) is 49.2 Å². The number of H-pyrrole nitrogens is 1. The molecule has 5 nitrogen and oxygen atoms in total. The number of benzene rings is 3. The van der Waals surface area contributed by atoms with Crippen LogP contribution in [0.3, 0.4) is 0 Å². The minimum absolute atomic E-state index is 0.0630. The molecule has 1 atom stereocenters. The number of carbonyl (C=O) groups is 1. The molecule has 0 aliphatic rings. The highest BCUT2D eigenvalue weighted by Gasteiger charge is 2.30. The monoisotopic (exact) mass is 602 g/mol. The van der Waals surface area contributed by atoms with E-state index >= 15 is 4.48 Å². The van der Waals surface area contributed by atoms with Crippen LogP contribution in [-0.4, -0.2) is 25.6 Å². The van der Waals surface area contributed by atoms with Gasteiger partial charge in [-0.25, -0.2) is 4.98 Å². The molecule has 216 valence electrons. The molecule has 0 spiro atoms. The number of nitrogens with zero attached hydrogens (tertiary/aromatic N) is 3. The lowest BCUT2D eigenvalue weighted by atomic mass is 9.99. The number of rotatable bonds is 8. The van der Waals surface area contributed by atoms with Crippen molar-refractivity contribution in [3.63, 3.8) is 0 Å². The second kappa shape index (κ2) is 13.7. The summed E-state index contributed by atoms with van der Waals surface area (Å²) in [5.41, 5.74) is 4.27. The van der Waals surface area contributed by atoms with Crippen LogP contribution in [0.15, 0.2) is 104 Å². The summed E-state index contributed by atoms with van der Waals surface area (Å²) in [7, 11) is 0. The molecule has 0 radical (unpaired) electrons. The van der Waals surface area contributed by atoms with Crippen LogP contribution in [0.4, 0.5) is 4.48 Å². The SMILES string of the molecule is C=C(/C=C\CC)N(F)C(=O)c1[nH]c2cc(Cl)ccc2c1-c1c(-c2ccccc2)ncn1C(C)c1ccc(Cl)cc1.CC. The number of aromatic amines is 1. The van der Waals surface area contributed by atoms with E-state index in [9.17, 15) is 4.79 Å². The topological polar surface area (TPSA) is 53.9 Å². The molecule has 2 heterocycles. The van der Waals surface area contributed by atoms with Crippen molar-refractivity contribution in [3.8, 4) is 22.5 Å². The first-order valence-electron chi connectivity index (χ1n) is 13.8. The molecule has 5 aromatic rings. The van der Waals surface area contributed by atoms with Crippen molar-refractivity contribution in [1.29, 1.82) is 0 Å². The van der Waals surface area contributed by atoms with E-state index in [1.54, 1.807) is 24.5 Å². The summed E-state index contributed by atoms with van der Waals surface area (Å²) in [5.74, 6) is -0.876. The second-order valence-electron chi connectivity index (χ2n) is 9.40. The normalized spacial score (nSPS) is 11.8. The second-order valence-corrected chi connectivity index (χ2v) is 10.3. The van der Waals surface area contributed by atoms with Gasteiger partial charge >= 0.3 is 5.91 Å². The molecule has 0 aliphatic heterocycles. The van der Waals surface area contributed by atoms with Gasteiger partial charge in [-0.15, -0.1) is 5.12 Å². The number of fused-ring (bicyclic) bond motifs is 1. The number of amides is 1. The standard InChI is InChI=1S/C32H27Cl2FN4O.C2H6/c1-4-5-9-20(2)39(35)32(40)30-28(26-17-16-25(34)18-27(26)37-30)31-29(23-10-7-6-8-11-23)36-19-38(31)21(3)22-12-14-24(33)15-13-22;1-2/h5-19,21,37H,2,4H2,1,3H3;1-2H3/b9-5-;. The maximum atomic E-state index is 15.5. The Bertz CT molecular complexity index is 1720. The first kappa shape index (κ1) is 30.8. The molecular weight excluding hydrogens is 570 g/mol. The van der Waals surface area contributed by atoms with Crippen LogP contribution >= 0.6 is 23.2 Å². The zero-order valence-corrected chi connectivity index (χ0v) is 25.5. The molecule has 42 heavy (non-hydrogen) atoms. The van der Waals surface area contributed by atoms with Crippen LogP contribution in [0.1, 0.15) is 56.2 Å². The van der Waals surface area contributed by atoms with Crippen molar-refractivity contribution >= 4 is 40.0 Å². The smallest absolute Gasteiger partial charge is 0.303 e. The number of imidazole rings is 1. The van der Waals surface area contributed by atoms with Crippen molar-refractivity contribution < 1.29 is 9.28 Å². The minimum atomic E-state index is -0.876. The maximum absolute atomic E-state index is 15.5. The summed E-state index contributed by atoms with van der Waals surface area (Å²) < 4.78 is 17.5. The van der Waals surface area contributed by atoms with E-state index < -0.39 is 5.91 Å². The lowest BCUT2D eigenvalue weighted by Crippen LogP contribution is -2.22. The van der Waals surface area contributed by atoms with Gasteiger partial charge in [-0.3, -0.25) is 4.79 Å². The van der Waals surface area contributed by atoms with Gasteiger partial charge in [0.15, 0.2) is 0 Å². The third kappa shape index (κ3) is 6.20. The fraction of sp³-hybridized carbons (Fsp3) is 0.176. The number of carbonyl (C=O) groups excluding carboxylic acids is 1. The third-order valence-electron chi connectivity index (χ3n) is 6.80. The predicted octanol–water partition coefficient (Wildman–Crippen LogP) is 10.4. The molecule has 2 aromatic heterocycles. The summed E-state index contributed by atoms with van der Waals surface area (Å²) in [6, 6.07) is 22.4. The Kier molecular flexibility index (Phi) is 10.0. The number of hydrogen-bond acceptors (Lipinski definition) is 2. The highest BCUT2D eigenvalue weighted by Crippen LogP contribution is 2.41. The van der Waals surface area contributed by atoms with Crippen molar-refractivity contribution in [2.24, 2.45) is 0 Å². The summed E-state index contributed by atoms with van der Waals surface area (Å²) in [4.78, 5) is 21.6. The van der Waals surface area contributed by atoms with Gasteiger partial charge < -0.3 is 9.55 Å². The maximum Gasteiger partial charge on any atom is 0.303 e. The first-order chi connectivity index (χ1) is 20.3.